The van der Waals surface area contributed by atoms with Crippen LogP contribution >= 0.6 is 37.0 Å². The van der Waals surface area contributed by atoms with Crippen LogP contribution in [-0.4, -0.2) is 42.8 Å². The zero-order valence-corrected chi connectivity index (χ0v) is 20.9. The lowest BCUT2D eigenvalue weighted by Crippen LogP contribution is -2.01. The van der Waals surface area contributed by atoms with Crippen LogP contribution in [0.1, 0.15) is 0 Å². The summed E-state index contributed by atoms with van der Waals surface area (Å²) >= 11 is 6.02. The molecule has 0 amide bonds. The fourth-order valence-corrected chi connectivity index (χ4v) is 3.90. The van der Waals surface area contributed by atoms with Crippen LogP contribution in [0.2, 0.25) is 0 Å². The Morgan fingerprint density at radius 2 is 0.943 bits per heavy atom. The zero-order valence-electron chi connectivity index (χ0n) is 18.4. The number of phenolic OH excluding ortho intramolecular Hbond substituents is 3. The number of thiol groups is 1. The average Bonchev–Trinajstić information content (AvgIpc) is 2.84. The lowest BCUT2D eigenvalue weighted by atomic mass is 10.1. The van der Waals surface area contributed by atoms with Gasteiger partial charge in [0.1, 0.15) is 34.5 Å². The quantitative estimate of drug-likeness (QED) is 0.170. The number of nitrogens with zero attached hydrogens (tertiary/aromatic N) is 3. The molecule has 0 aliphatic rings. The maximum Gasteiger partial charge on any atom is 0.167 e. The summed E-state index contributed by atoms with van der Waals surface area (Å²) in [5.74, 6) is 1.21. The van der Waals surface area contributed by atoms with Crippen molar-refractivity contribution >= 4 is 37.0 Å². The summed E-state index contributed by atoms with van der Waals surface area (Å²) in [7, 11) is 0. The fraction of sp³-hybridized carbons (Fsp3) is 0.0870. The van der Waals surface area contributed by atoms with Crippen LogP contribution in [0.4, 0.5) is 0 Å². The molecule has 3 N–H and O–H groups in total. The molecule has 0 unspecified atom stereocenters. The molecule has 180 valence electrons. The largest absolute Gasteiger partial charge is 0.507 e. The Balaban J connectivity index is 1.90. The van der Waals surface area contributed by atoms with Crippen molar-refractivity contribution < 1.29 is 27.9 Å². The first-order chi connectivity index (χ1) is 16.9. The second-order valence-electron chi connectivity index (χ2n) is 6.93. The fourth-order valence-electron chi connectivity index (χ4n) is 3.19. The Morgan fingerprint density at radius 1 is 0.600 bits per heavy atom. The van der Waals surface area contributed by atoms with E-state index in [0.717, 1.165) is 24.1 Å². The molecule has 0 spiro atoms. The van der Waals surface area contributed by atoms with Crippen molar-refractivity contribution in [3.63, 3.8) is 0 Å². The first kappa shape index (κ1) is 24.6. The molecular formula is C23H19N3O6S3. The highest BCUT2D eigenvalue weighted by Gasteiger charge is 2.19. The molecule has 3 aromatic carbocycles. The van der Waals surface area contributed by atoms with E-state index in [-0.39, 0.29) is 40.3 Å². The summed E-state index contributed by atoms with van der Waals surface area (Å²) in [4.78, 5) is 13.4. The van der Waals surface area contributed by atoms with E-state index >= 15 is 0 Å². The van der Waals surface area contributed by atoms with Gasteiger partial charge in [-0.2, -0.15) is 0 Å². The van der Waals surface area contributed by atoms with Gasteiger partial charge < -0.3 is 27.9 Å². The van der Waals surface area contributed by atoms with E-state index in [2.05, 4.69) is 27.9 Å². The molecule has 1 heterocycles. The van der Waals surface area contributed by atoms with Gasteiger partial charge in [-0.05, 0) is 36.4 Å². The molecule has 0 saturated heterocycles. The van der Waals surface area contributed by atoms with Gasteiger partial charge in [-0.3, -0.25) is 0 Å². The van der Waals surface area contributed by atoms with Crippen LogP contribution in [0.3, 0.4) is 0 Å². The van der Waals surface area contributed by atoms with Crippen molar-refractivity contribution in [2.45, 2.75) is 0 Å². The van der Waals surface area contributed by atoms with E-state index in [0.29, 0.717) is 28.4 Å². The van der Waals surface area contributed by atoms with Crippen molar-refractivity contribution in [3.05, 3.63) is 54.6 Å². The Hall–Kier alpha value is -3.48. The Morgan fingerprint density at radius 3 is 1.26 bits per heavy atom. The van der Waals surface area contributed by atoms with E-state index in [1.54, 1.807) is 48.9 Å². The van der Waals surface area contributed by atoms with Gasteiger partial charge in [0.05, 0.1) is 40.8 Å². The molecule has 0 aliphatic heterocycles. The molecule has 4 rings (SSSR count). The molecule has 12 heteroatoms. The van der Waals surface area contributed by atoms with E-state index in [1.165, 1.54) is 18.2 Å². The first-order valence-electron chi connectivity index (χ1n) is 9.92. The zero-order chi connectivity index (χ0) is 24.9. The molecular weight excluding hydrogens is 510 g/mol. The summed E-state index contributed by atoms with van der Waals surface area (Å²) in [5, 5.41) is 31.8. The molecule has 9 nitrogen and oxygen atoms in total. The summed E-state index contributed by atoms with van der Waals surface area (Å²) in [6.45, 7) is 0. The van der Waals surface area contributed by atoms with E-state index in [9.17, 15) is 15.3 Å². The van der Waals surface area contributed by atoms with Crippen LogP contribution in [0, 0.1) is 0 Å². The third kappa shape index (κ3) is 5.45. The van der Waals surface area contributed by atoms with Crippen molar-refractivity contribution in [3.8, 4) is 68.7 Å². The van der Waals surface area contributed by atoms with E-state index in [1.807, 2.05) is 0 Å². The second kappa shape index (κ2) is 10.8. The predicted molar refractivity (Wildman–Crippen MR) is 139 cm³/mol. The van der Waals surface area contributed by atoms with E-state index < -0.39 is 0 Å². The predicted octanol–water partition coefficient (Wildman–Crippen LogP) is 5.53. The van der Waals surface area contributed by atoms with Crippen LogP contribution in [0.5, 0.6) is 34.5 Å². The Kier molecular flexibility index (Phi) is 7.63. The van der Waals surface area contributed by atoms with Gasteiger partial charge >= 0.3 is 0 Å². The Bertz CT molecular complexity index is 1300. The molecule has 1 aromatic heterocycles. The maximum absolute atomic E-state index is 10.6. The lowest BCUT2D eigenvalue weighted by molar-refractivity contribution is 0.473. The minimum atomic E-state index is -0.152. The van der Waals surface area contributed by atoms with Crippen molar-refractivity contribution in [2.24, 2.45) is 0 Å². The molecule has 35 heavy (non-hydrogen) atoms. The molecule has 0 fully saturated rings. The van der Waals surface area contributed by atoms with E-state index in [4.69, 9.17) is 12.5 Å². The standard InChI is InChI=1S/C23H19N3O6S3/c1-34-31-13-4-7-16(19(28)10-13)22-24-21(15-6-3-12(30-33)9-18(15)27)25-23(26-22)17-8-5-14(32-35-2)11-20(17)29/h3-11,27-29,33H,1-2H3. The van der Waals surface area contributed by atoms with Gasteiger partial charge in [0, 0.05) is 43.6 Å². The monoisotopic (exact) mass is 529 g/mol. The third-order valence-corrected chi connectivity index (χ3v) is 5.66. The molecule has 0 saturated carbocycles. The molecule has 4 aromatic rings. The highest BCUT2D eigenvalue weighted by molar-refractivity contribution is 7.94. The maximum atomic E-state index is 10.6. The topological polar surface area (TPSA) is 127 Å². The van der Waals surface area contributed by atoms with Crippen LogP contribution in [0.15, 0.2) is 54.6 Å². The summed E-state index contributed by atoms with van der Waals surface area (Å²) < 4.78 is 15.6. The van der Waals surface area contributed by atoms with Gasteiger partial charge in [-0.25, -0.2) is 15.0 Å². The van der Waals surface area contributed by atoms with Crippen molar-refractivity contribution in [1.82, 2.24) is 15.0 Å². The molecule has 0 radical (unpaired) electrons. The van der Waals surface area contributed by atoms with Crippen LogP contribution in [0.25, 0.3) is 34.2 Å². The number of aromatic nitrogens is 3. The van der Waals surface area contributed by atoms with Gasteiger partial charge in [0.15, 0.2) is 17.5 Å². The highest BCUT2D eigenvalue weighted by atomic mass is 32.2. The van der Waals surface area contributed by atoms with Gasteiger partial charge in [-0.1, -0.05) is 0 Å². The number of benzene rings is 3. The first-order valence-corrected chi connectivity index (χ1v) is 12.6. The number of aromatic hydroxyl groups is 3. The number of hydrogen-bond donors (Lipinski definition) is 4. The number of rotatable bonds is 8. The minimum absolute atomic E-state index is 0.112. The molecule has 0 aliphatic carbocycles. The molecule has 0 atom stereocenters. The Labute approximate surface area is 215 Å². The lowest BCUT2D eigenvalue weighted by Gasteiger charge is -2.12. The smallest absolute Gasteiger partial charge is 0.167 e. The van der Waals surface area contributed by atoms with Gasteiger partial charge in [-0.15, -0.1) is 0 Å². The normalized spacial score (nSPS) is 10.7. The number of phenols is 3. The SMILES string of the molecule is CSOc1ccc(-c2nc(-c3ccc(OS)cc3O)nc(-c3ccc(OSC)cc3O)n2)c(O)c1. The van der Waals surface area contributed by atoms with Gasteiger partial charge in [0.25, 0.3) is 0 Å². The van der Waals surface area contributed by atoms with Crippen LogP contribution in [-0.2, 0) is 0 Å². The molecule has 0 bridgehead atoms. The summed E-state index contributed by atoms with van der Waals surface area (Å²) in [6.07, 6.45) is 3.52. The van der Waals surface area contributed by atoms with Gasteiger partial charge in [0.2, 0.25) is 0 Å². The average molecular weight is 530 g/mol. The second-order valence-corrected chi connectivity index (χ2v) is 8.12. The summed E-state index contributed by atoms with van der Waals surface area (Å²) in [5.41, 5.74) is 0.896. The highest BCUT2D eigenvalue weighted by Crippen LogP contribution is 2.38. The third-order valence-electron chi connectivity index (χ3n) is 4.73. The minimum Gasteiger partial charge on any atom is -0.507 e. The number of hydrogen-bond acceptors (Lipinski definition) is 12. The van der Waals surface area contributed by atoms with Crippen LogP contribution < -0.4 is 12.5 Å². The summed E-state index contributed by atoms with van der Waals surface area (Å²) in [6, 6.07) is 13.9. The van der Waals surface area contributed by atoms with Crippen molar-refractivity contribution in [1.29, 1.82) is 0 Å². The van der Waals surface area contributed by atoms with Crippen molar-refractivity contribution in [2.75, 3.05) is 12.5 Å².